The second kappa shape index (κ2) is 8.82. The van der Waals surface area contributed by atoms with Crippen molar-refractivity contribution in [3.63, 3.8) is 0 Å². The number of hydrogen-bond acceptors (Lipinski definition) is 2. The molecule has 1 aliphatic rings. The molecule has 26 heavy (non-hydrogen) atoms. The maximum Gasteiger partial charge on any atom is 0.422 e. The van der Waals surface area contributed by atoms with E-state index in [2.05, 4.69) is 6.92 Å². The SMILES string of the molecule is CCCCCC1CCC(C(=O)Oc2cc(F)c(C(F)(F)F)c(F)c2)CC1. The maximum absolute atomic E-state index is 13.5. The fraction of sp³-hybridized carbons (Fsp3) is 0.632. The number of unbranched alkanes of at least 4 members (excludes halogenated alkanes) is 2. The summed E-state index contributed by atoms with van der Waals surface area (Å²) in [5.74, 6) is -4.57. The Morgan fingerprint density at radius 2 is 1.65 bits per heavy atom. The molecule has 0 heterocycles. The summed E-state index contributed by atoms with van der Waals surface area (Å²) in [4.78, 5) is 12.1. The monoisotopic (exact) mass is 378 g/mol. The lowest BCUT2D eigenvalue weighted by Gasteiger charge is -2.27. The summed E-state index contributed by atoms with van der Waals surface area (Å²) in [5, 5.41) is 0. The average Bonchev–Trinajstić information content (AvgIpc) is 2.53. The van der Waals surface area contributed by atoms with E-state index in [4.69, 9.17) is 4.74 Å². The molecule has 0 bridgehead atoms. The largest absolute Gasteiger partial charge is 0.426 e. The van der Waals surface area contributed by atoms with Crippen molar-refractivity contribution in [2.24, 2.45) is 11.8 Å². The molecule has 0 spiro atoms. The zero-order valence-corrected chi connectivity index (χ0v) is 14.7. The van der Waals surface area contributed by atoms with Gasteiger partial charge in [-0.3, -0.25) is 4.79 Å². The molecule has 0 aromatic heterocycles. The summed E-state index contributed by atoms with van der Waals surface area (Å²) in [6, 6.07) is 0.806. The summed E-state index contributed by atoms with van der Waals surface area (Å²) in [6.07, 6.45) is 2.52. The molecule has 2 rings (SSSR count). The predicted octanol–water partition coefficient (Wildman–Crippen LogP) is 6.28. The molecule has 1 saturated carbocycles. The standard InChI is InChI=1S/C19H23F5O2/c1-2-3-4-5-12-6-8-13(9-7-12)18(25)26-14-10-15(20)17(16(21)11-14)19(22,23)24/h10-13H,2-9H2,1H3. The number of benzene rings is 1. The Labute approximate surface area is 149 Å². The summed E-state index contributed by atoms with van der Waals surface area (Å²) < 4.78 is 69.7. The number of alkyl halides is 3. The number of ether oxygens (including phenoxy) is 1. The fourth-order valence-electron chi connectivity index (χ4n) is 3.45. The lowest BCUT2D eigenvalue weighted by Crippen LogP contribution is -2.26. The van der Waals surface area contributed by atoms with Gasteiger partial charge in [0.05, 0.1) is 5.92 Å². The van der Waals surface area contributed by atoms with Crippen molar-refractivity contribution in [1.29, 1.82) is 0 Å². The highest BCUT2D eigenvalue weighted by Crippen LogP contribution is 2.36. The van der Waals surface area contributed by atoms with Crippen LogP contribution in [0.1, 0.15) is 63.9 Å². The Kier molecular flexibility index (Phi) is 7.01. The molecule has 1 aliphatic carbocycles. The fourth-order valence-corrected chi connectivity index (χ4v) is 3.45. The summed E-state index contributed by atoms with van der Waals surface area (Å²) in [6.45, 7) is 2.14. The molecule has 0 N–H and O–H groups in total. The van der Waals surface area contributed by atoms with Crippen LogP contribution in [0.2, 0.25) is 0 Å². The zero-order valence-electron chi connectivity index (χ0n) is 14.7. The first-order valence-electron chi connectivity index (χ1n) is 9.00. The maximum atomic E-state index is 13.5. The topological polar surface area (TPSA) is 26.3 Å². The van der Waals surface area contributed by atoms with Crippen molar-refractivity contribution in [2.75, 3.05) is 0 Å². The van der Waals surface area contributed by atoms with Crippen LogP contribution in [-0.4, -0.2) is 5.97 Å². The van der Waals surface area contributed by atoms with Gasteiger partial charge < -0.3 is 4.74 Å². The van der Waals surface area contributed by atoms with Crippen LogP contribution in [-0.2, 0) is 11.0 Å². The van der Waals surface area contributed by atoms with Gasteiger partial charge in [0.2, 0.25) is 0 Å². The van der Waals surface area contributed by atoms with Crippen LogP contribution in [0.25, 0.3) is 0 Å². The quantitative estimate of drug-likeness (QED) is 0.252. The number of hydrogen-bond donors (Lipinski definition) is 0. The molecule has 0 unspecified atom stereocenters. The first kappa shape index (κ1) is 20.6. The highest BCUT2D eigenvalue weighted by Gasteiger charge is 2.38. The summed E-state index contributed by atoms with van der Waals surface area (Å²) in [5.41, 5.74) is -1.98. The van der Waals surface area contributed by atoms with Gasteiger partial charge in [-0.1, -0.05) is 32.6 Å². The minimum atomic E-state index is -5.15. The Morgan fingerprint density at radius 1 is 1.08 bits per heavy atom. The van der Waals surface area contributed by atoms with Crippen LogP contribution < -0.4 is 4.74 Å². The lowest BCUT2D eigenvalue weighted by molar-refractivity contribution is -0.142. The Hall–Kier alpha value is -1.66. The first-order valence-corrected chi connectivity index (χ1v) is 9.00. The highest BCUT2D eigenvalue weighted by atomic mass is 19.4. The Morgan fingerprint density at radius 3 is 2.15 bits per heavy atom. The van der Waals surface area contributed by atoms with E-state index < -0.39 is 35.1 Å². The normalized spacial score (nSPS) is 20.8. The number of rotatable bonds is 6. The van der Waals surface area contributed by atoms with Crippen molar-refractivity contribution >= 4 is 5.97 Å². The van der Waals surface area contributed by atoms with Gasteiger partial charge >= 0.3 is 12.1 Å². The molecule has 0 radical (unpaired) electrons. The molecule has 1 fully saturated rings. The molecule has 2 nitrogen and oxygen atoms in total. The molecule has 146 valence electrons. The van der Waals surface area contributed by atoms with Crippen LogP contribution >= 0.6 is 0 Å². The van der Waals surface area contributed by atoms with Crippen molar-refractivity contribution in [1.82, 2.24) is 0 Å². The van der Waals surface area contributed by atoms with Gasteiger partial charge in [0.15, 0.2) is 0 Å². The van der Waals surface area contributed by atoms with Crippen LogP contribution in [0.3, 0.4) is 0 Å². The van der Waals surface area contributed by atoms with E-state index in [9.17, 15) is 26.7 Å². The number of esters is 1. The van der Waals surface area contributed by atoms with Crippen molar-refractivity contribution in [2.45, 2.75) is 64.5 Å². The van der Waals surface area contributed by atoms with E-state index >= 15 is 0 Å². The minimum absolute atomic E-state index is 0.383. The van der Waals surface area contributed by atoms with E-state index in [0.29, 0.717) is 30.9 Å². The smallest absolute Gasteiger partial charge is 0.422 e. The van der Waals surface area contributed by atoms with Gasteiger partial charge in [-0.05, 0) is 31.6 Å². The van der Waals surface area contributed by atoms with Crippen molar-refractivity contribution < 1.29 is 31.5 Å². The molecule has 0 atom stereocenters. The van der Waals surface area contributed by atoms with Crippen LogP contribution in [0.5, 0.6) is 5.75 Å². The van der Waals surface area contributed by atoms with E-state index in [1.807, 2.05) is 0 Å². The van der Waals surface area contributed by atoms with Gasteiger partial charge in [0, 0.05) is 12.1 Å². The van der Waals surface area contributed by atoms with E-state index in [1.165, 1.54) is 12.8 Å². The van der Waals surface area contributed by atoms with Crippen LogP contribution in [0.15, 0.2) is 12.1 Å². The first-order chi connectivity index (χ1) is 12.2. The summed E-state index contributed by atoms with van der Waals surface area (Å²) in [7, 11) is 0. The summed E-state index contributed by atoms with van der Waals surface area (Å²) >= 11 is 0. The number of carbonyl (C=O) groups excluding carboxylic acids is 1. The molecule has 0 saturated heterocycles. The number of carbonyl (C=O) groups is 1. The molecule has 1 aromatic carbocycles. The second-order valence-corrected chi connectivity index (χ2v) is 6.89. The third kappa shape index (κ3) is 5.42. The average molecular weight is 378 g/mol. The van der Waals surface area contributed by atoms with Gasteiger partial charge in [-0.2, -0.15) is 13.2 Å². The van der Waals surface area contributed by atoms with E-state index in [0.717, 1.165) is 25.7 Å². The Bertz CT molecular complexity index is 596. The molecular formula is C19H23F5O2. The zero-order chi connectivity index (χ0) is 19.3. The predicted molar refractivity (Wildman–Crippen MR) is 86.6 cm³/mol. The Balaban J connectivity index is 1.93. The molecule has 0 amide bonds. The second-order valence-electron chi connectivity index (χ2n) is 6.89. The highest BCUT2D eigenvalue weighted by molar-refractivity contribution is 5.75. The molecule has 0 aliphatic heterocycles. The molecular weight excluding hydrogens is 355 g/mol. The van der Waals surface area contributed by atoms with Crippen LogP contribution in [0, 0.1) is 23.5 Å². The van der Waals surface area contributed by atoms with Crippen molar-refractivity contribution in [3.8, 4) is 5.75 Å². The molecule has 7 heteroatoms. The third-order valence-electron chi connectivity index (χ3n) is 4.91. The molecule has 1 aromatic rings. The van der Waals surface area contributed by atoms with Gasteiger partial charge in [0.1, 0.15) is 22.9 Å². The third-order valence-corrected chi connectivity index (χ3v) is 4.91. The number of halogens is 5. The van der Waals surface area contributed by atoms with Gasteiger partial charge in [-0.25, -0.2) is 8.78 Å². The van der Waals surface area contributed by atoms with Gasteiger partial charge in [-0.15, -0.1) is 0 Å². The van der Waals surface area contributed by atoms with Crippen LogP contribution in [0.4, 0.5) is 22.0 Å². The van der Waals surface area contributed by atoms with Gasteiger partial charge in [0.25, 0.3) is 0 Å². The van der Waals surface area contributed by atoms with Crippen molar-refractivity contribution in [3.05, 3.63) is 29.3 Å². The minimum Gasteiger partial charge on any atom is -0.426 e. The van der Waals surface area contributed by atoms with E-state index in [-0.39, 0.29) is 5.92 Å². The lowest BCUT2D eigenvalue weighted by atomic mass is 9.80. The van der Waals surface area contributed by atoms with E-state index in [1.54, 1.807) is 0 Å².